The standard InChI is InChI=1S/C20H26N2O/c1-5-16-10-8-9-15(4)20(16)21-13-19(23)22-18-12-7-6-11-17(18)14(2)3/h6-12,14,21H,5,13H2,1-4H3,(H,22,23). The molecule has 0 unspecified atom stereocenters. The third-order valence-corrected chi connectivity index (χ3v) is 4.02. The zero-order valence-electron chi connectivity index (χ0n) is 14.4. The van der Waals surface area contributed by atoms with Crippen LogP contribution >= 0.6 is 0 Å². The van der Waals surface area contributed by atoms with E-state index in [0.29, 0.717) is 5.92 Å². The molecule has 23 heavy (non-hydrogen) atoms. The predicted molar refractivity (Wildman–Crippen MR) is 98.2 cm³/mol. The minimum absolute atomic E-state index is 0.0246. The molecule has 0 fully saturated rings. The zero-order valence-corrected chi connectivity index (χ0v) is 14.4. The Morgan fingerprint density at radius 2 is 1.83 bits per heavy atom. The van der Waals surface area contributed by atoms with Crippen LogP contribution in [0.1, 0.15) is 43.4 Å². The Balaban J connectivity index is 2.04. The molecule has 3 heteroatoms. The van der Waals surface area contributed by atoms with Crippen molar-refractivity contribution in [2.45, 2.75) is 40.0 Å². The van der Waals surface area contributed by atoms with Gasteiger partial charge in [-0.15, -0.1) is 0 Å². The molecule has 2 aromatic carbocycles. The lowest BCUT2D eigenvalue weighted by molar-refractivity contribution is -0.114. The number of anilines is 2. The Morgan fingerprint density at radius 3 is 2.52 bits per heavy atom. The Bertz CT molecular complexity index is 677. The summed E-state index contributed by atoms with van der Waals surface area (Å²) in [6, 6.07) is 14.2. The minimum atomic E-state index is -0.0246. The van der Waals surface area contributed by atoms with Crippen LogP contribution < -0.4 is 10.6 Å². The van der Waals surface area contributed by atoms with E-state index >= 15 is 0 Å². The zero-order chi connectivity index (χ0) is 16.8. The normalized spacial score (nSPS) is 10.7. The number of hydrogen-bond donors (Lipinski definition) is 2. The summed E-state index contributed by atoms with van der Waals surface area (Å²) in [7, 11) is 0. The van der Waals surface area contributed by atoms with E-state index in [0.717, 1.165) is 23.4 Å². The molecule has 0 aromatic heterocycles. The first-order chi connectivity index (χ1) is 11.0. The Labute approximate surface area is 139 Å². The molecule has 2 N–H and O–H groups in total. The van der Waals surface area contributed by atoms with E-state index in [9.17, 15) is 4.79 Å². The van der Waals surface area contributed by atoms with E-state index in [4.69, 9.17) is 0 Å². The maximum atomic E-state index is 12.3. The Morgan fingerprint density at radius 1 is 1.09 bits per heavy atom. The van der Waals surface area contributed by atoms with E-state index < -0.39 is 0 Å². The number of hydrogen-bond acceptors (Lipinski definition) is 2. The lowest BCUT2D eigenvalue weighted by Crippen LogP contribution is -2.23. The smallest absolute Gasteiger partial charge is 0.243 e. The lowest BCUT2D eigenvalue weighted by Gasteiger charge is -2.16. The lowest BCUT2D eigenvalue weighted by atomic mass is 10.0. The molecule has 2 rings (SSSR count). The average Bonchev–Trinajstić information content (AvgIpc) is 2.53. The van der Waals surface area contributed by atoms with Crippen molar-refractivity contribution in [3.05, 3.63) is 59.2 Å². The van der Waals surface area contributed by atoms with Crippen LogP contribution in [0.15, 0.2) is 42.5 Å². The number of nitrogens with one attached hydrogen (secondary N) is 2. The molecule has 0 saturated carbocycles. The van der Waals surface area contributed by atoms with Crippen molar-refractivity contribution in [2.24, 2.45) is 0 Å². The van der Waals surface area contributed by atoms with E-state index in [2.05, 4.69) is 62.6 Å². The summed E-state index contributed by atoms with van der Waals surface area (Å²) in [6.45, 7) is 8.71. The molecule has 0 heterocycles. The van der Waals surface area contributed by atoms with Gasteiger partial charge in [0.25, 0.3) is 0 Å². The second-order valence-corrected chi connectivity index (χ2v) is 6.11. The maximum Gasteiger partial charge on any atom is 0.243 e. The van der Waals surface area contributed by atoms with E-state index in [-0.39, 0.29) is 12.5 Å². The summed E-state index contributed by atoms with van der Waals surface area (Å²) in [5, 5.41) is 6.31. The minimum Gasteiger partial charge on any atom is -0.376 e. The van der Waals surface area contributed by atoms with Crippen molar-refractivity contribution in [3.63, 3.8) is 0 Å². The molecule has 0 saturated heterocycles. The number of carbonyl (C=O) groups excluding carboxylic acids is 1. The first-order valence-electron chi connectivity index (χ1n) is 8.24. The molecular formula is C20H26N2O. The fraction of sp³-hybridized carbons (Fsp3) is 0.350. The molecule has 122 valence electrons. The molecule has 1 amide bonds. The fourth-order valence-electron chi connectivity index (χ4n) is 2.75. The maximum absolute atomic E-state index is 12.3. The van der Waals surface area contributed by atoms with Crippen LogP contribution in [-0.4, -0.2) is 12.5 Å². The summed E-state index contributed by atoms with van der Waals surface area (Å²) >= 11 is 0. The second-order valence-electron chi connectivity index (χ2n) is 6.11. The SMILES string of the molecule is CCc1cccc(C)c1NCC(=O)Nc1ccccc1C(C)C. The van der Waals surface area contributed by atoms with Crippen LogP contribution in [0.4, 0.5) is 11.4 Å². The molecule has 0 atom stereocenters. The highest BCUT2D eigenvalue weighted by atomic mass is 16.1. The van der Waals surface area contributed by atoms with Crippen LogP contribution in [-0.2, 0) is 11.2 Å². The molecule has 0 spiro atoms. The summed E-state index contributed by atoms with van der Waals surface area (Å²) in [4.78, 5) is 12.3. The van der Waals surface area contributed by atoms with Crippen molar-refractivity contribution in [1.29, 1.82) is 0 Å². The molecule has 3 nitrogen and oxygen atoms in total. The fourth-order valence-corrected chi connectivity index (χ4v) is 2.75. The van der Waals surface area contributed by atoms with E-state index in [1.807, 2.05) is 18.2 Å². The van der Waals surface area contributed by atoms with Crippen molar-refractivity contribution in [1.82, 2.24) is 0 Å². The third-order valence-electron chi connectivity index (χ3n) is 4.02. The van der Waals surface area contributed by atoms with Crippen molar-refractivity contribution in [3.8, 4) is 0 Å². The Hall–Kier alpha value is -2.29. The van der Waals surface area contributed by atoms with E-state index in [1.54, 1.807) is 0 Å². The number of aryl methyl sites for hydroxylation is 2. The van der Waals surface area contributed by atoms with Gasteiger partial charge in [-0.3, -0.25) is 4.79 Å². The van der Waals surface area contributed by atoms with Crippen LogP contribution in [0.25, 0.3) is 0 Å². The molecule has 0 radical (unpaired) electrons. The second kappa shape index (κ2) is 7.82. The van der Waals surface area contributed by atoms with Crippen LogP contribution in [0.2, 0.25) is 0 Å². The highest BCUT2D eigenvalue weighted by molar-refractivity contribution is 5.94. The molecule has 2 aromatic rings. The monoisotopic (exact) mass is 310 g/mol. The van der Waals surface area contributed by atoms with Gasteiger partial charge in [-0.1, -0.05) is 57.2 Å². The molecule has 0 aliphatic rings. The summed E-state index contributed by atoms with van der Waals surface area (Å²) < 4.78 is 0. The number of para-hydroxylation sites is 2. The molecule has 0 aliphatic carbocycles. The molecule has 0 aliphatic heterocycles. The van der Waals surface area contributed by atoms with Gasteiger partial charge in [-0.05, 0) is 42.0 Å². The van der Waals surface area contributed by atoms with Gasteiger partial charge in [0.05, 0.1) is 6.54 Å². The summed E-state index contributed by atoms with van der Waals surface area (Å²) in [5.74, 6) is 0.353. The van der Waals surface area contributed by atoms with Gasteiger partial charge in [0.15, 0.2) is 0 Å². The number of benzene rings is 2. The van der Waals surface area contributed by atoms with Crippen LogP contribution in [0, 0.1) is 6.92 Å². The van der Waals surface area contributed by atoms with Gasteiger partial charge < -0.3 is 10.6 Å². The van der Waals surface area contributed by atoms with Crippen molar-refractivity contribution < 1.29 is 4.79 Å². The third kappa shape index (κ3) is 4.35. The van der Waals surface area contributed by atoms with Gasteiger partial charge >= 0.3 is 0 Å². The highest BCUT2D eigenvalue weighted by Gasteiger charge is 2.10. The average molecular weight is 310 g/mol. The quantitative estimate of drug-likeness (QED) is 0.809. The van der Waals surface area contributed by atoms with Crippen LogP contribution in [0.5, 0.6) is 0 Å². The molecule has 0 bridgehead atoms. The molecular weight excluding hydrogens is 284 g/mol. The number of rotatable bonds is 6. The van der Waals surface area contributed by atoms with Gasteiger partial charge in [0.1, 0.15) is 0 Å². The van der Waals surface area contributed by atoms with Gasteiger partial charge in [-0.25, -0.2) is 0 Å². The first-order valence-corrected chi connectivity index (χ1v) is 8.24. The topological polar surface area (TPSA) is 41.1 Å². The van der Waals surface area contributed by atoms with Crippen molar-refractivity contribution >= 4 is 17.3 Å². The Kier molecular flexibility index (Phi) is 5.80. The van der Waals surface area contributed by atoms with Gasteiger partial charge in [0, 0.05) is 11.4 Å². The number of carbonyl (C=O) groups is 1. The van der Waals surface area contributed by atoms with Gasteiger partial charge in [0.2, 0.25) is 5.91 Å². The predicted octanol–water partition coefficient (Wildman–Crippen LogP) is 4.73. The van der Waals surface area contributed by atoms with E-state index in [1.165, 1.54) is 11.1 Å². The van der Waals surface area contributed by atoms with Gasteiger partial charge in [-0.2, -0.15) is 0 Å². The first kappa shape index (κ1) is 17.1. The largest absolute Gasteiger partial charge is 0.376 e. The summed E-state index contributed by atoms with van der Waals surface area (Å²) in [6.07, 6.45) is 0.946. The van der Waals surface area contributed by atoms with Crippen LogP contribution in [0.3, 0.4) is 0 Å². The summed E-state index contributed by atoms with van der Waals surface area (Å²) in [5.41, 5.74) is 5.53. The number of amides is 1. The highest BCUT2D eigenvalue weighted by Crippen LogP contribution is 2.24. The van der Waals surface area contributed by atoms with Crippen molar-refractivity contribution in [2.75, 3.05) is 17.2 Å².